The molecule has 1 unspecified atom stereocenters. The Morgan fingerprint density at radius 1 is 1.19 bits per heavy atom. The van der Waals surface area contributed by atoms with Gasteiger partial charge in [0.1, 0.15) is 6.10 Å². The Morgan fingerprint density at radius 2 is 1.97 bits per heavy atom. The third kappa shape index (κ3) is 4.63. The normalized spacial score (nSPS) is 27.6. The number of benzene rings is 1. The van der Waals surface area contributed by atoms with Crippen LogP contribution in [0.25, 0.3) is 11.1 Å². The van der Waals surface area contributed by atoms with E-state index in [-0.39, 0.29) is 36.2 Å². The lowest BCUT2D eigenvalue weighted by Gasteiger charge is -2.36. The number of carbonyl (C=O) groups excluding carboxylic acids is 2. The smallest absolute Gasteiger partial charge is 0.410 e. The van der Waals surface area contributed by atoms with Gasteiger partial charge in [-0.2, -0.15) is 0 Å². The Kier molecular flexibility index (Phi) is 7.05. The molecule has 1 saturated carbocycles. The highest BCUT2D eigenvalue weighted by Gasteiger charge is 2.49. The van der Waals surface area contributed by atoms with E-state index in [0.717, 1.165) is 38.9 Å². The molecule has 0 radical (unpaired) electrons. The number of hydrogen-bond donors (Lipinski definition) is 0. The fourth-order valence-corrected chi connectivity index (χ4v) is 5.59. The van der Waals surface area contributed by atoms with Crippen LogP contribution in [0.2, 0.25) is 0 Å². The molecule has 6 nitrogen and oxygen atoms in total. The van der Waals surface area contributed by atoms with E-state index in [4.69, 9.17) is 15.9 Å². The first kappa shape index (κ1) is 22.7. The van der Waals surface area contributed by atoms with Gasteiger partial charge in [0.2, 0.25) is 0 Å². The Balaban J connectivity index is 0.000000292. The van der Waals surface area contributed by atoms with Gasteiger partial charge in [-0.15, -0.1) is 6.42 Å². The van der Waals surface area contributed by atoms with E-state index in [1.54, 1.807) is 4.90 Å². The van der Waals surface area contributed by atoms with Gasteiger partial charge in [0, 0.05) is 18.5 Å². The molecule has 0 N–H and O–H groups in total. The standard InChI is InChI=1S/C19H28N2O4.C7H6/c1-3-14-13-15-16(21(14)19(23)24-2)7-6-8-17(15)25-18(22)9-12-20-10-4-5-11-20;1-5-4-6-2-3-7(5)6/h1,14-17H,4-13H2,2H3;2-4H,1H3/t14?,15-,16-,17+;/m1./s1. The predicted molar refractivity (Wildman–Crippen MR) is 123 cm³/mol. The zero-order valence-electron chi connectivity index (χ0n) is 19.2. The largest absolute Gasteiger partial charge is 0.462 e. The van der Waals surface area contributed by atoms with E-state index in [1.807, 2.05) is 0 Å². The lowest BCUT2D eigenvalue weighted by Crippen LogP contribution is -2.46. The van der Waals surface area contributed by atoms with Gasteiger partial charge in [-0.1, -0.05) is 24.1 Å². The summed E-state index contributed by atoms with van der Waals surface area (Å²) in [5.74, 6) is 2.68. The zero-order valence-corrected chi connectivity index (χ0v) is 19.2. The molecule has 0 bridgehead atoms. The van der Waals surface area contributed by atoms with Crippen LogP contribution in [0.4, 0.5) is 4.79 Å². The van der Waals surface area contributed by atoms with Crippen molar-refractivity contribution in [2.75, 3.05) is 26.7 Å². The van der Waals surface area contributed by atoms with Gasteiger partial charge < -0.3 is 14.4 Å². The molecule has 32 heavy (non-hydrogen) atoms. The lowest BCUT2D eigenvalue weighted by atomic mass is 9.82. The van der Waals surface area contributed by atoms with Crippen LogP contribution in [0.3, 0.4) is 0 Å². The summed E-state index contributed by atoms with van der Waals surface area (Å²) in [5, 5.41) is 0. The van der Waals surface area contributed by atoms with Crippen LogP contribution >= 0.6 is 0 Å². The van der Waals surface area contributed by atoms with Crippen LogP contribution in [0.15, 0.2) is 18.2 Å². The Labute approximate surface area is 191 Å². The molecular weight excluding hydrogens is 404 g/mol. The molecule has 2 aliphatic heterocycles. The number of nitrogens with zero attached hydrogens (tertiary/aromatic N) is 2. The van der Waals surface area contributed by atoms with E-state index in [2.05, 4.69) is 35.9 Å². The van der Waals surface area contributed by atoms with Crippen LogP contribution in [-0.4, -0.2) is 66.8 Å². The summed E-state index contributed by atoms with van der Waals surface area (Å²) in [6, 6.07) is 6.24. The van der Waals surface area contributed by atoms with Gasteiger partial charge in [-0.3, -0.25) is 9.69 Å². The van der Waals surface area contributed by atoms with Crippen molar-refractivity contribution in [3.05, 3.63) is 23.8 Å². The fourth-order valence-electron chi connectivity index (χ4n) is 5.59. The molecule has 6 heteroatoms. The Bertz CT molecular complexity index is 886. The summed E-state index contributed by atoms with van der Waals surface area (Å²) in [4.78, 5) is 28.4. The monoisotopic (exact) mass is 438 g/mol. The maximum Gasteiger partial charge on any atom is 0.410 e. The Hall–Kier alpha value is -2.52. The topological polar surface area (TPSA) is 59.1 Å². The zero-order chi connectivity index (χ0) is 22.7. The second kappa shape index (κ2) is 9.95. The highest BCUT2D eigenvalue weighted by molar-refractivity contribution is 5.80. The van der Waals surface area contributed by atoms with E-state index in [0.29, 0.717) is 12.8 Å². The van der Waals surface area contributed by atoms with E-state index in [1.165, 1.54) is 36.6 Å². The van der Waals surface area contributed by atoms with Crippen molar-refractivity contribution in [2.45, 2.75) is 70.1 Å². The molecule has 3 fully saturated rings. The first-order valence-electron chi connectivity index (χ1n) is 11.9. The quantitative estimate of drug-likeness (QED) is 0.533. The van der Waals surface area contributed by atoms with Gasteiger partial charge >= 0.3 is 12.1 Å². The van der Waals surface area contributed by atoms with Crippen molar-refractivity contribution in [3.8, 4) is 23.5 Å². The summed E-state index contributed by atoms with van der Waals surface area (Å²) in [7, 11) is 1.38. The number of ether oxygens (including phenoxy) is 2. The van der Waals surface area contributed by atoms with Crippen molar-refractivity contribution in [2.24, 2.45) is 5.92 Å². The summed E-state index contributed by atoms with van der Waals surface area (Å²) < 4.78 is 10.7. The number of carbonyl (C=O) groups is 2. The molecule has 0 aromatic carbocycles. The minimum Gasteiger partial charge on any atom is -0.462 e. The fraction of sp³-hybridized carbons (Fsp3) is 0.615. The number of rotatable bonds is 4. The number of likely N-dealkylation sites (tertiary alicyclic amines) is 2. The molecule has 3 aliphatic carbocycles. The van der Waals surface area contributed by atoms with E-state index < -0.39 is 0 Å². The average molecular weight is 439 g/mol. The van der Waals surface area contributed by atoms with Crippen molar-refractivity contribution in [1.29, 1.82) is 0 Å². The van der Waals surface area contributed by atoms with Gasteiger partial charge in [0.25, 0.3) is 0 Å². The van der Waals surface area contributed by atoms with Crippen molar-refractivity contribution in [3.63, 3.8) is 0 Å². The second-order valence-corrected chi connectivity index (χ2v) is 9.31. The molecule has 5 aliphatic rings. The van der Waals surface area contributed by atoms with Gasteiger partial charge in [-0.25, -0.2) is 4.79 Å². The summed E-state index contributed by atoms with van der Waals surface area (Å²) in [6.07, 6.45) is 11.3. The maximum absolute atomic E-state index is 12.3. The van der Waals surface area contributed by atoms with Crippen molar-refractivity contribution >= 4 is 12.1 Å². The lowest BCUT2D eigenvalue weighted by molar-refractivity contribution is -0.154. The third-order valence-corrected chi connectivity index (χ3v) is 7.38. The van der Waals surface area contributed by atoms with Gasteiger partial charge in [0.15, 0.2) is 0 Å². The number of amides is 1. The molecule has 4 atom stereocenters. The number of hydrogen-bond acceptors (Lipinski definition) is 5. The molecule has 2 saturated heterocycles. The van der Waals surface area contributed by atoms with Crippen LogP contribution in [0.5, 0.6) is 0 Å². The third-order valence-electron chi connectivity index (χ3n) is 7.38. The molecule has 2 heterocycles. The molecular formula is C26H34N2O4. The first-order valence-corrected chi connectivity index (χ1v) is 11.9. The number of aryl methyl sites for hydroxylation is 1. The number of methoxy groups -OCH3 is 1. The van der Waals surface area contributed by atoms with Crippen LogP contribution in [0.1, 0.15) is 50.5 Å². The molecule has 5 rings (SSSR count). The molecule has 1 amide bonds. The Morgan fingerprint density at radius 3 is 2.50 bits per heavy atom. The summed E-state index contributed by atoms with van der Waals surface area (Å²) >= 11 is 0. The second-order valence-electron chi connectivity index (χ2n) is 9.31. The molecule has 0 aromatic rings. The van der Waals surface area contributed by atoms with Gasteiger partial charge in [-0.05, 0) is 75.2 Å². The van der Waals surface area contributed by atoms with Crippen LogP contribution in [-0.2, 0) is 14.3 Å². The van der Waals surface area contributed by atoms with Crippen molar-refractivity contribution < 1.29 is 19.1 Å². The molecule has 0 spiro atoms. The molecule has 0 aromatic heterocycles. The maximum atomic E-state index is 12.3. The predicted octanol–water partition coefficient (Wildman–Crippen LogP) is 4.00. The summed E-state index contributed by atoms with van der Waals surface area (Å²) in [5.41, 5.74) is 4.36. The average Bonchev–Trinajstić information content (AvgIpc) is 3.43. The van der Waals surface area contributed by atoms with E-state index >= 15 is 0 Å². The van der Waals surface area contributed by atoms with Crippen LogP contribution < -0.4 is 0 Å². The number of terminal acetylenes is 1. The minimum absolute atomic E-state index is 0.0126. The SMILES string of the molecule is C#CC1C[C@H]2[C@@H](OC(=O)CCN3CCCC3)CCC[C@H]2N1C(=O)OC.Cc1cc2ccc1-2. The highest BCUT2D eigenvalue weighted by Crippen LogP contribution is 2.41. The van der Waals surface area contributed by atoms with Gasteiger partial charge in [0.05, 0.1) is 19.6 Å². The minimum atomic E-state index is -0.378. The highest BCUT2D eigenvalue weighted by atomic mass is 16.5. The van der Waals surface area contributed by atoms with Crippen molar-refractivity contribution in [1.82, 2.24) is 9.80 Å². The number of esters is 1. The first-order chi connectivity index (χ1) is 15.5. The molecule has 172 valence electrons. The van der Waals surface area contributed by atoms with Crippen LogP contribution in [0, 0.1) is 25.2 Å². The van der Waals surface area contributed by atoms with E-state index in [9.17, 15) is 9.59 Å². The summed E-state index contributed by atoms with van der Waals surface area (Å²) in [6.45, 7) is 5.09. The number of fused-ring (bicyclic) bond motifs is 2.